The van der Waals surface area contributed by atoms with Crippen molar-refractivity contribution in [2.24, 2.45) is 5.92 Å². The van der Waals surface area contributed by atoms with Crippen LogP contribution in [0.25, 0.3) is 5.65 Å². The van der Waals surface area contributed by atoms with Gasteiger partial charge in [0.15, 0.2) is 5.65 Å². The van der Waals surface area contributed by atoms with E-state index in [1.165, 1.54) is 16.4 Å². The number of hydrogen-bond acceptors (Lipinski definition) is 5. The van der Waals surface area contributed by atoms with Gasteiger partial charge in [0.1, 0.15) is 11.6 Å². The summed E-state index contributed by atoms with van der Waals surface area (Å²) in [5, 5.41) is 8.62. The summed E-state index contributed by atoms with van der Waals surface area (Å²) in [5.74, 6) is 0.422. The van der Waals surface area contributed by atoms with Gasteiger partial charge in [0, 0.05) is 44.2 Å². The third-order valence-corrected chi connectivity index (χ3v) is 8.61. The zero-order valence-corrected chi connectivity index (χ0v) is 19.0. The van der Waals surface area contributed by atoms with E-state index in [-0.39, 0.29) is 35.7 Å². The number of carbonyl (C=O) groups is 1. The lowest BCUT2D eigenvalue weighted by atomic mass is 9.92. The van der Waals surface area contributed by atoms with Crippen LogP contribution < -0.4 is 0 Å². The molecule has 1 aromatic carbocycles. The Bertz CT molecular complexity index is 1250. The summed E-state index contributed by atoms with van der Waals surface area (Å²) >= 11 is 0. The van der Waals surface area contributed by atoms with E-state index < -0.39 is 15.8 Å². The first-order valence-electron chi connectivity index (χ1n) is 11.3. The Morgan fingerprint density at radius 2 is 1.73 bits per heavy atom. The van der Waals surface area contributed by atoms with Crippen molar-refractivity contribution < 1.29 is 17.6 Å². The summed E-state index contributed by atoms with van der Waals surface area (Å²) in [6.07, 6.45) is 4.76. The fraction of sp³-hybridized carbons (Fsp3) is 0.435. The molecule has 2 saturated heterocycles. The lowest BCUT2D eigenvalue weighted by Gasteiger charge is -2.37. The molecule has 0 aliphatic carbocycles. The third kappa shape index (κ3) is 4.24. The molecule has 33 heavy (non-hydrogen) atoms. The number of piperidine rings is 2. The summed E-state index contributed by atoms with van der Waals surface area (Å²) in [6, 6.07) is 10.6. The SMILES string of the molecule is O=C(C1CCN(S(=O)(=O)c2ccc(F)cc2)CC1)N1CCCC(c2nnc3ccccn23)C1. The van der Waals surface area contributed by atoms with Gasteiger partial charge in [-0.25, -0.2) is 12.8 Å². The van der Waals surface area contributed by atoms with Crippen molar-refractivity contribution in [2.75, 3.05) is 26.2 Å². The van der Waals surface area contributed by atoms with Gasteiger partial charge in [0.05, 0.1) is 4.90 Å². The van der Waals surface area contributed by atoms with Crippen molar-refractivity contribution in [3.63, 3.8) is 0 Å². The van der Waals surface area contributed by atoms with E-state index in [9.17, 15) is 17.6 Å². The molecular weight excluding hydrogens is 445 g/mol. The first-order valence-corrected chi connectivity index (χ1v) is 12.7. The summed E-state index contributed by atoms with van der Waals surface area (Å²) in [5.41, 5.74) is 0.797. The monoisotopic (exact) mass is 471 g/mol. The van der Waals surface area contributed by atoms with Gasteiger partial charge in [-0.2, -0.15) is 4.31 Å². The van der Waals surface area contributed by atoms with E-state index in [0.717, 1.165) is 36.4 Å². The number of hydrogen-bond donors (Lipinski definition) is 0. The average Bonchev–Trinajstić information content (AvgIpc) is 3.28. The molecule has 1 atom stereocenters. The summed E-state index contributed by atoms with van der Waals surface area (Å²) < 4.78 is 42.2. The highest BCUT2D eigenvalue weighted by molar-refractivity contribution is 7.89. The van der Waals surface area contributed by atoms with E-state index in [0.29, 0.717) is 25.9 Å². The zero-order valence-electron chi connectivity index (χ0n) is 18.2. The predicted octanol–water partition coefficient (Wildman–Crippen LogP) is 2.68. The molecule has 0 bridgehead atoms. The van der Waals surface area contributed by atoms with Gasteiger partial charge in [-0.15, -0.1) is 10.2 Å². The van der Waals surface area contributed by atoms with Crippen LogP contribution in [-0.4, -0.2) is 64.3 Å². The Balaban J connectivity index is 1.23. The Kier molecular flexibility index (Phi) is 5.88. The van der Waals surface area contributed by atoms with Crippen molar-refractivity contribution in [1.29, 1.82) is 0 Å². The second-order valence-corrected chi connectivity index (χ2v) is 10.7. The predicted molar refractivity (Wildman–Crippen MR) is 119 cm³/mol. The number of benzene rings is 1. The molecule has 3 aromatic rings. The molecule has 2 aromatic heterocycles. The quantitative estimate of drug-likeness (QED) is 0.584. The second kappa shape index (κ2) is 8.83. The maximum atomic E-state index is 13.3. The van der Waals surface area contributed by atoms with Crippen LogP contribution in [0.1, 0.15) is 37.4 Å². The lowest BCUT2D eigenvalue weighted by Crippen LogP contribution is -2.47. The molecular formula is C23H26FN5O3S. The van der Waals surface area contributed by atoms with E-state index in [2.05, 4.69) is 10.2 Å². The fourth-order valence-electron chi connectivity index (χ4n) is 4.88. The van der Waals surface area contributed by atoms with Crippen LogP contribution in [0.15, 0.2) is 53.6 Å². The number of sulfonamides is 1. The molecule has 1 amide bonds. The lowest BCUT2D eigenvalue weighted by molar-refractivity contribution is -0.138. The molecule has 1 unspecified atom stereocenters. The van der Waals surface area contributed by atoms with Crippen molar-refractivity contribution in [2.45, 2.75) is 36.5 Å². The van der Waals surface area contributed by atoms with Gasteiger partial charge in [0.2, 0.25) is 15.9 Å². The van der Waals surface area contributed by atoms with Gasteiger partial charge in [-0.05, 0) is 62.1 Å². The molecule has 0 radical (unpaired) electrons. The Morgan fingerprint density at radius 3 is 2.48 bits per heavy atom. The number of carbonyl (C=O) groups excluding carboxylic acids is 1. The number of aromatic nitrogens is 3. The molecule has 4 heterocycles. The van der Waals surface area contributed by atoms with Crippen LogP contribution in [0.2, 0.25) is 0 Å². The number of amides is 1. The minimum Gasteiger partial charge on any atom is -0.342 e. The van der Waals surface area contributed by atoms with Crippen LogP contribution in [0.5, 0.6) is 0 Å². The Morgan fingerprint density at radius 1 is 0.970 bits per heavy atom. The minimum absolute atomic E-state index is 0.0769. The molecule has 0 spiro atoms. The first kappa shape index (κ1) is 22.0. The van der Waals surface area contributed by atoms with Gasteiger partial charge in [0.25, 0.3) is 0 Å². The standard InChI is InChI=1S/C23H26FN5O3S/c24-19-6-8-20(9-7-19)33(31,32)28-14-10-17(11-15-28)23(30)27-12-3-4-18(16-27)22-26-25-21-5-1-2-13-29(21)22/h1-2,5-9,13,17-18H,3-4,10-12,14-16H2. The van der Waals surface area contributed by atoms with E-state index in [4.69, 9.17) is 0 Å². The highest BCUT2D eigenvalue weighted by atomic mass is 32.2. The number of pyridine rings is 1. The summed E-state index contributed by atoms with van der Waals surface area (Å²) in [6.45, 7) is 1.87. The van der Waals surface area contributed by atoms with Crippen molar-refractivity contribution in [3.8, 4) is 0 Å². The second-order valence-electron chi connectivity index (χ2n) is 8.74. The zero-order chi connectivity index (χ0) is 23.0. The highest BCUT2D eigenvalue weighted by Gasteiger charge is 2.36. The molecule has 174 valence electrons. The number of halogens is 1. The van der Waals surface area contributed by atoms with Crippen LogP contribution >= 0.6 is 0 Å². The Hall–Kier alpha value is -2.85. The number of fused-ring (bicyclic) bond motifs is 1. The molecule has 0 N–H and O–H groups in total. The van der Waals surface area contributed by atoms with Crippen LogP contribution in [0.3, 0.4) is 0 Å². The number of nitrogens with zero attached hydrogens (tertiary/aromatic N) is 5. The van der Waals surface area contributed by atoms with Crippen molar-refractivity contribution in [3.05, 3.63) is 60.3 Å². The smallest absolute Gasteiger partial charge is 0.243 e. The average molecular weight is 472 g/mol. The van der Waals surface area contributed by atoms with Crippen LogP contribution in [0.4, 0.5) is 4.39 Å². The number of likely N-dealkylation sites (tertiary alicyclic amines) is 1. The van der Waals surface area contributed by atoms with E-state index in [1.807, 2.05) is 33.7 Å². The third-order valence-electron chi connectivity index (χ3n) is 6.69. The van der Waals surface area contributed by atoms with Gasteiger partial charge in [-0.3, -0.25) is 9.20 Å². The maximum absolute atomic E-state index is 13.3. The first-order chi connectivity index (χ1) is 15.9. The summed E-state index contributed by atoms with van der Waals surface area (Å²) in [7, 11) is -3.69. The Labute approximate surface area is 192 Å². The van der Waals surface area contributed by atoms with E-state index in [1.54, 1.807) is 0 Å². The summed E-state index contributed by atoms with van der Waals surface area (Å²) in [4.78, 5) is 15.3. The maximum Gasteiger partial charge on any atom is 0.243 e. The fourth-order valence-corrected chi connectivity index (χ4v) is 6.35. The molecule has 10 heteroatoms. The van der Waals surface area contributed by atoms with Gasteiger partial charge >= 0.3 is 0 Å². The van der Waals surface area contributed by atoms with Crippen LogP contribution in [-0.2, 0) is 14.8 Å². The molecule has 2 aliphatic rings. The van der Waals surface area contributed by atoms with E-state index >= 15 is 0 Å². The van der Waals surface area contributed by atoms with Crippen molar-refractivity contribution >= 4 is 21.6 Å². The molecule has 2 aliphatic heterocycles. The molecule has 8 nitrogen and oxygen atoms in total. The molecule has 5 rings (SSSR count). The van der Waals surface area contributed by atoms with Gasteiger partial charge in [-0.1, -0.05) is 6.07 Å². The largest absolute Gasteiger partial charge is 0.342 e. The molecule has 0 saturated carbocycles. The minimum atomic E-state index is -3.69. The normalized spacial score (nSPS) is 20.9. The topological polar surface area (TPSA) is 87.9 Å². The van der Waals surface area contributed by atoms with Gasteiger partial charge < -0.3 is 4.90 Å². The molecule has 2 fully saturated rings. The van der Waals surface area contributed by atoms with Crippen LogP contribution in [0, 0.1) is 11.7 Å². The van der Waals surface area contributed by atoms with Crippen molar-refractivity contribution in [1.82, 2.24) is 23.8 Å². The highest BCUT2D eigenvalue weighted by Crippen LogP contribution is 2.30. The number of rotatable bonds is 4.